The molecule has 1 rings (SSSR count). The summed E-state index contributed by atoms with van der Waals surface area (Å²) >= 11 is 0. The summed E-state index contributed by atoms with van der Waals surface area (Å²) in [5, 5.41) is 54.8. The van der Waals surface area contributed by atoms with Crippen LogP contribution in [0.25, 0.3) is 0 Å². The highest BCUT2D eigenvalue weighted by Gasteiger charge is 2.44. The average Bonchev–Trinajstić information content (AvgIpc) is 3.61. The number of carbonyl (C=O) groups is 1. The Labute approximate surface area is 515 Å². The van der Waals surface area contributed by atoms with Crippen LogP contribution in [0.1, 0.15) is 386 Å². The first-order valence-electron chi connectivity index (χ1n) is 37.1. The number of nitrogens with one attached hydrogen (secondary N) is 1. The first kappa shape index (κ1) is 79.7. The van der Waals surface area contributed by atoms with Gasteiger partial charge in [0, 0.05) is 6.42 Å². The highest BCUT2D eigenvalue weighted by molar-refractivity contribution is 5.76. The number of carbonyl (C=O) groups excluding carboxylic acids is 1. The van der Waals surface area contributed by atoms with Crippen molar-refractivity contribution in [1.82, 2.24) is 5.32 Å². The normalized spacial score (nSPS) is 18.3. The van der Waals surface area contributed by atoms with Crippen LogP contribution in [0.4, 0.5) is 0 Å². The van der Waals surface area contributed by atoms with Gasteiger partial charge in [0.15, 0.2) is 6.29 Å². The monoisotopic (exact) mass is 1170 g/mol. The molecule has 6 N–H and O–H groups in total. The van der Waals surface area contributed by atoms with E-state index in [1.807, 2.05) is 6.08 Å². The highest BCUT2D eigenvalue weighted by Crippen LogP contribution is 2.24. The minimum absolute atomic E-state index is 0.177. The molecule has 1 aliphatic rings. The van der Waals surface area contributed by atoms with Crippen molar-refractivity contribution in [3.05, 3.63) is 24.3 Å². The molecule has 492 valence electrons. The summed E-state index contributed by atoms with van der Waals surface area (Å²) in [4.78, 5) is 13.1. The molecule has 7 unspecified atom stereocenters. The van der Waals surface area contributed by atoms with Crippen molar-refractivity contribution < 1.29 is 39.8 Å². The summed E-state index contributed by atoms with van der Waals surface area (Å²) in [6.07, 6.45) is 77.4. The molecule has 9 nitrogen and oxygen atoms in total. The van der Waals surface area contributed by atoms with Crippen LogP contribution in [0.3, 0.4) is 0 Å². The molecule has 0 bridgehead atoms. The van der Waals surface area contributed by atoms with Crippen molar-refractivity contribution in [2.24, 2.45) is 0 Å². The minimum Gasteiger partial charge on any atom is -0.394 e. The Hall–Kier alpha value is -1.33. The van der Waals surface area contributed by atoms with Crippen LogP contribution in [0.15, 0.2) is 24.3 Å². The van der Waals surface area contributed by atoms with Gasteiger partial charge in [-0.15, -0.1) is 0 Å². The third-order valence-electron chi connectivity index (χ3n) is 18.0. The largest absolute Gasteiger partial charge is 0.394 e. The second-order valence-electron chi connectivity index (χ2n) is 26.1. The lowest BCUT2D eigenvalue weighted by atomic mass is 9.99. The summed E-state index contributed by atoms with van der Waals surface area (Å²) in [7, 11) is 0. The van der Waals surface area contributed by atoms with E-state index in [-0.39, 0.29) is 12.5 Å². The van der Waals surface area contributed by atoms with Gasteiger partial charge in [-0.2, -0.15) is 0 Å². The second kappa shape index (κ2) is 63.7. The summed E-state index contributed by atoms with van der Waals surface area (Å²) in [6.45, 7) is 3.83. The Kier molecular flexibility index (Phi) is 61.1. The standard InChI is InChI=1S/C74H143NO8/c1-3-5-7-9-11-13-15-17-19-21-23-25-27-29-30-31-32-33-34-35-36-37-38-40-42-44-46-48-50-52-54-56-58-60-62-64-70(78)75-67(66-82-74-73(81)72(80)71(79)69(65-76)83-74)68(77)63-61-59-57-55-53-51-49-47-45-43-41-39-28-26-24-22-20-18-16-14-12-10-8-6-4-2/h53,55,61,63,67-69,71-74,76-77,79-81H,3-52,54,56-60,62,64-66H2,1-2H3,(H,75,78)/b55-53+,63-61+. The van der Waals surface area contributed by atoms with E-state index in [0.717, 1.165) is 38.5 Å². The maximum Gasteiger partial charge on any atom is 0.220 e. The summed E-state index contributed by atoms with van der Waals surface area (Å²) in [5.74, 6) is -0.177. The van der Waals surface area contributed by atoms with Gasteiger partial charge in [-0.3, -0.25) is 4.79 Å². The SMILES string of the molecule is CCCCCCCCCCCCCCCCCCCCC/C=C/CC/C=C/C(O)C(COC1OC(CO)C(O)C(O)C1O)NC(=O)CCCCCCCCCCCCCCCCCCCCCCCCCCCCCCCCCCCCC. The quantitative estimate of drug-likeness (QED) is 0.0261. The van der Waals surface area contributed by atoms with Crippen molar-refractivity contribution >= 4 is 5.91 Å². The van der Waals surface area contributed by atoms with E-state index in [4.69, 9.17) is 9.47 Å². The zero-order chi connectivity index (χ0) is 60.0. The van der Waals surface area contributed by atoms with Crippen LogP contribution in [0.5, 0.6) is 0 Å². The molecule has 0 radical (unpaired) electrons. The molecule has 1 saturated heterocycles. The van der Waals surface area contributed by atoms with Crippen LogP contribution in [0.2, 0.25) is 0 Å². The van der Waals surface area contributed by atoms with E-state index in [0.29, 0.717) is 6.42 Å². The Morgan fingerprint density at radius 2 is 0.687 bits per heavy atom. The fourth-order valence-electron chi connectivity index (χ4n) is 12.2. The Bertz CT molecular complexity index is 1360. The molecule has 9 heteroatoms. The molecular weight excluding hydrogens is 1030 g/mol. The summed E-state index contributed by atoms with van der Waals surface area (Å²) < 4.78 is 11.3. The first-order chi connectivity index (χ1) is 40.8. The van der Waals surface area contributed by atoms with E-state index in [1.54, 1.807) is 6.08 Å². The van der Waals surface area contributed by atoms with Gasteiger partial charge >= 0.3 is 0 Å². The van der Waals surface area contributed by atoms with Crippen LogP contribution in [-0.2, 0) is 14.3 Å². The summed E-state index contributed by atoms with van der Waals surface area (Å²) in [5.41, 5.74) is 0. The highest BCUT2D eigenvalue weighted by atomic mass is 16.7. The minimum atomic E-state index is -1.57. The molecule has 1 heterocycles. The van der Waals surface area contributed by atoms with Gasteiger partial charge in [0.1, 0.15) is 24.4 Å². The number of aliphatic hydroxyl groups is 5. The van der Waals surface area contributed by atoms with E-state index in [9.17, 15) is 30.3 Å². The van der Waals surface area contributed by atoms with E-state index in [2.05, 4.69) is 31.3 Å². The lowest BCUT2D eigenvalue weighted by Gasteiger charge is -2.40. The van der Waals surface area contributed by atoms with E-state index < -0.39 is 49.5 Å². The molecule has 0 saturated carbocycles. The first-order valence-corrected chi connectivity index (χ1v) is 37.1. The van der Waals surface area contributed by atoms with Crippen molar-refractivity contribution in [2.45, 2.75) is 429 Å². The lowest BCUT2D eigenvalue weighted by Crippen LogP contribution is -2.60. The molecule has 1 fully saturated rings. The van der Waals surface area contributed by atoms with E-state index >= 15 is 0 Å². The lowest BCUT2D eigenvalue weighted by molar-refractivity contribution is -0.302. The zero-order valence-electron chi connectivity index (χ0n) is 55.2. The third-order valence-corrected chi connectivity index (χ3v) is 18.0. The number of ether oxygens (including phenoxy) is 2. The van der Waals surface area contributed by atoms with Crippen LogP contribution in [0, 0.1) is 0 Å². The Morgan fingerprint density at radius 1 is 0.398 bits per heavy atom. The summed E-state index contributed by atoms with van der Waals surface area (Å²) in [6, 6.07) is -0.820. The number of aliphatic hydroxyl groups excluding tert-OH is 5. The van der Waals surface area contributed by atoms with Gasteiger partial charge in [0.25, 0.3) is 0 Å². The number of allylic oxidation sites excluding steroid dienone is 3. The van der Waals surface area contributed by atoms with Crippen molar-refractivity contribution in [3.63, 3.8) is 0 Å². The molecule has 7 atom stereocenters. The van der Waals surface area contributed by atoms with Crippen molar-refractivity contribution in [2.75, 3.05) is 13.2 Å². The Balaban J connectivity index is 2.09. The number of hydrogen-bond acceptors (Lipinski definition) is 8. The predicted octanol–water partition coefficient (Wildman–Crippen LogP) is 20.4. The van der Waals surface area contributed by atoms with Gasteiger partial charge in [0.2, 0.25) is 5.91 Å². The number of rotatable bonds is 66. The maximum atomic E-state index is 13.1. The Morgan fingerprint density at radius 3 is 1.01 bits per heavy atom. The smallest absolute Gasteiger partial charge is 0.220 e. The van der Waals surface area contributed by atoms with Gasteiger partial charge in [-0.1, -0.05) is 372 Å². The van der Waals surface area contributed by atoms with Gasteiger partial charge in [-0.05, 0) is 32.1 Å². The third kappa shape index (κ3) is 52.3. The number of unbranched alkanes of at least 4 members (excludes halogenated alkanes) is 54. The van der Waals surface area contributed by atoms with Gasteiger partial charge < -0.3 is 40.3 Å². The fraction of sp³-hybridized carbons (Fsp3) is 0.932. The molecule has 1 amide bonds. The van der Waals surface area contributed by atoms with E-state index in [1.165, 1.54) is 327 Å². The van der Waals surface area contributed by atoms with Crippen LogP contribution < -0.4 is 5.32 Å². The van der Waals surface area contributed by atoms with Crippen LogP contribution >= 0.6 is 0 Å². The zero-order valence-corrected chi connectivity index (χ0v) is 55.2. The predicted molar refractivity (Wildman–Crippen MR) is 355 cm³/mol. The van der Waals surface area contributed by atoms with Crippen molar-refractivity contribution in [1.29, 1.82) is 0 Å². The van der Waals surface area contributed by atoms with Gasteiger partial charge in [0.05, 0.1) is 25.4 Å². The molecular formula is C74H143NO8. The molecule has 0 spiro atoms. The fourth-order valence-corrected chi connectivity index (χ4v) is 12.2. The van der Waals surface area contributed by atoms with Crippen LogP contribution in [-0.4, -0.2) is 87.5 Å². The average molecular weight is 1170 g/mol. The topological polar surface area (TPSA) is 149 Å². The molecule has 0 aromatic heterocycles. The molecule has 1 aliphatic heterocycles. The van der Waals surface area contributed by atoms with Crippen molar-refractivity contribution in [3.8, 4) is 0 Å². The molecule has 0 aromatic carbocycles. The second-order valence-corrected chi connectivity index (χ2v) is 26.1. The number of hydrogen-bond donors (Lipinski definition) is 6. The molecule has 0 aromatic rings. The van der Waals surface area contributed by atoms with Gasteiger partial charge in [-0.25, -0.2) is 0 Å². The molecule has 83 heavy (non-hydrogen) atoms. The maximum absolute atomic E-state index is 13.1. The number of amides is 1. The molecule has 0 aliphatic carbocycles.